The lowest BCUT2D eigenvalue weighted by molar-refractivity contribution is 0.0181. The molecule has 1 N–H and O–H groups in total. The van der Waals surface area contributed by atoms with Crippen molar-refractivity contribution in [1.82, 2.24) is 10.2 Å². The Balaban J connectivity index is 2.31. The van der Waals surface area contributed by atoms with Gasteiger partial charge in [-0.05, 0) is 58.9 Å². The molecule has 0 aliphatic carbocycles. The number of hydrogen-bond donors (Lipinski definition) is 1. The Hall–Kier alpha value is -0.810. The molecule has 0 aromatic heterocycles. The molecule has 1 rings (SSSR count). The highest BCUT2D eigenvalue weighted by Crippen LogP contribution is 2.19. The van der Waals surface area contributed by atoms with E-state index in [1.165, 1.54) is 0 Å². The van der Waals surface area contributed by atoms with E-state index in [4.69, 9.17) is 9.47 Å². The first-order valence-electron chi connectivity index (χ1n) is 9.02. The fourth-order valence-corrected chi connectivity index (χ4v) is 2.70. The minimum Gasteiger partial charge on any atom is -0.444 e. The summed E-state index contributed by atoms with van der Waals surface area (Å²) in [6.45, 7) is 16.3. The van der Waals surface area contributed by atoms with E-state index in [0.717, 1.165) is 45.7 Å². The number of rotatable bonds is 7. The predicted molar refractivity (Wildman–Crippen MR) is 93.7 cm³/mol. The molecule has 5 heteroatoms. The Labute approximate surface area is 142 Å². The summed E-state index contributed by atoms with van der Waals surface area (Å²) in [6, 6.07) is 0.402. The number of hydrogen-bond acceptors (Lipinski definition) is 4. The highest BCUT2D eigenvalue weighted by molar-refractivity contribution is 5.68. The number of nitrogens with zero attached hydrogens (tertiary/aromatic N) is 1. The highest BCUT2D eigenvalue weighted by Gasteiger charge is 2.27. The maximum atomic E-state index is 12.1. The number of piperidine rings is 1. The van der Waals surface area contributed by atoms with Crippen LogP contribution in [-0.4, -0.2) is 55.5 Å². The van der Waals surface area contributed by atoms with Crippen molar-refractivity contribution in [2.45, 2.75) is 66.0 Å². The summed E-state index contributed by atoms with van der Waals surface area (Å²) < 4.78 is 11.0. The molecular formula is C18H36N2O3. The minimum atomic E-state index is -0.417. The zero-order valence-corrected chi connectivity index (χ0v) is 15.9. The van der Waals surface area contributed by atoms with Crippen molar-refractivity contribution in [3.05, 3.63) is 0 Å². The van der Waals surface area contributed by atoms with Gasteiger partial charge in [0.1, 0.15) is 5.60 Å². The molecule has 1 amide bonds. The van der Waals surface area contributed by atoms with E-state index < -0.39 is 5.60 Å². The van der Waals surface area contributed by atoms with Crippen LogP contribution < -0.4 is 5.32 Å². The number of carbonyl (C=O) groups excluding carboxylic acids is 1. The van der Waals surface area contributed by atoms with Gasteiger partial charge in [0.2, 0.25) is 0 Å². The average molecular weight is 328 g/mol. The molecule has 5 nitrogen and oxygen atoms in total. The first-order valence-corrected chi connectivity index (χ1v) is 9.02. The molecule has 0 radical (unpaired) electrons. The summed E-state index contributed by atoms with van der Waals surface area (Å²) in [5.41, 5.74) is -0.417. The molecule has 1 aliphatic rings. The van der Waals surface area contributed by atoms with E-state index in [-0.39, 0.29) is 6.09 Å². The monoisotopic (exact) mass is 328 g/mol. The molecule has 1 aliphatic heterocycles. The van der Waals surface area contributed by atoms with Crippen molar-refractivity contribution in [3.63, 3.8) is 0 Å². The number of amides is 1. The van der Waals surface area contributed by atoms with E-state index in [0.29, 0.717) is 17.9 Å². The van der Waals surface area contributed by atoms with Gasteiger partial charge in [-0.1, -0.05) is 13.8 Å². The van der Waals surface area contributed by atoms with Crippen molar-refractivity contribution < 1.29 is 14.3 Å². The third kappa shape index (κ3) is 8.02. The first kappa shape index (κ1) is 20.2. The summed E-state index contributed by atoms with van der Waals surface area (Å²) in [5.74, 6) is 1.18. The topological polar surface area (TPSA) is 50.8 Å². The zero-order valence-electron chi connectivity index (χ0n) is 15.9. The average Bonchev–Trinajstić information content (AvgIpc) is 2.45. The fourth-order valence-electron chi connectivity index (χ4n) is 2.70. The van der Waals surface area contributed by atoms with Crippen molar-refractivity contribution in [3.8, 4) is 0 Å². The summed E-state index contributed by atoms with van der Waals surface area (Å²) in [5, 5.41) is 3.65. The molecule has 0 bridgehead atoms. The van der Waals surface area contributed by atoms with Crippen molar-refractivity contribution in [1.29, 1.82) is 0 Å². The normalized spacial score (nSPS) is 18.3. The van der Waals surface area contributed by atoms with Gasteiger partial charge in [0.05, 0.1) is 6.61 Å². The lowest BCUT2D eigenvalue weighted by Crippen LogP contribution is -2.45. The summed E-state index contributed by atoms with van der Waals surface area (Å²) >= 11 is 0. The Morgan fingerprint density at radius 3 is 2.35 bits per heavy atom. The molecule has 0 spiro atoms. The van der Waals surface area contributed by atoms with Crippen LogP contribution in [0.4, 0.5) is 4.79 Å². The van der Waals surface area contributed by atoms with E-state index >= 15 is 0 Å². The minimum absolute atomic E-state index is 0.180. The number of nitrogens with one attached hydrogen (secondary N) is 1. The van der Waals surface area contributed by atoms with Crippen LogP contribution in [0.25, 0.3) is 0 Å². The smallest absolute Gasteiger partial charge is 0.410 e. The molecule has 1 saturated heterocycles. The van der Waals surface area contributed by atoms with E-state index in [1.54, 1.807) is 0 Å². The second kappa shape index (κ2) is 9.48. The molecule has 0 saturated carbocycles. The molecule has 1 atom stereocenters. The summed E-state index contributed by atoms with van der Waals surface area (Å²) in [4.78, 5) is 13.9. The van der Waals surface area contributed by atoms with Crippen LogP contribution in [0.3, 0.4) is 0 Å². The molecule has 1 fully saturated rings. The van der Waals surface area contributed by atoms with E-state index in [2.05, 4.69) is 19.2 Å². The van der Waals surface area contributed by atoms with Gasteiger partial charge in [0, 0.05) is 25.7 Å². The molecule has 1 heterocycles. The van der Waals surface area contributed by atoms with Gasteiger partial charge in [-0.3, -0.25) is 0 Å². The first-order chi connectivity index (χ1) is 10.7. The van der Waals surface area contributed by atoms with Crippen LogP contribution in [0.1, 0.15) is 54.4 Å². The van der Waals surface area contributed by atoms with Crippen molar-refractivity contribution in [2.75, 3.05) is 32.8 Å². The van der Waals surface area contributed by atoms with E-state index in [9.17, 15) is 4.79 Å². The number of carbonyl (C=O) groups is 1. The molecule has 1 unspecified atom stereocenters. The van der Waals surface area contributed by atoms with Crippen LogP contribution in [0.5, 0.6) is 0 Å². The van der Waals surface area contributed by atoms with Crippen LogP contribution in [-0.2, 0) is 9.47 Å². The predicted octanol–water partition coefficient (Wildman–Crippen LogP) is 3.28. The Bertz CT molecular complexity index is 345. The third-order valence-corrected chi connectivity index (χ3v) is 4.24. The summed E-state index contributed by atoms with van der Waals surface area (Å²) in [7, 11) is 0. The molecule has 0 aromatic rings. The lowest BCUT2D eigenvalue weighted by Gasteiger charge is -2.34. The molecule has 136 valence electrons. The van der Waals surface area contributed by atoms with Gasteiger partial charge in [0.15, 0.2) is 0 Å². The lowest BCUT2D eigenvalue weighted by atomic mass is 9.96. The zero-order chi connectivity index (χ0) is 17.5. The Kier molecular flexibility index (Phi) is 8.34. The van der Waals surface area contributed by atoms with Crippen LogP contribution >= 0.6 is 0 Å². The van der Waals surface area contributed by atoms with Gasteiger partial charge in [-0.15, -0.1) is 0 Å². The van der Waals surface area contributed by atoms with Crippen LogP contribution in [0.2, 0.25) is 0 Å². The Morgan fingerprint density at radius 1 is 1.26 bits per heavy atom. The SMILES string of the molecule is CCOCC(NCC1CCN(C(=O)OC(C)(C)C)CC1)C(C)C. The van der Waals surface area contributed by atoms with Crippen molar-refractivity contribution >= 4 is 6.09 Å². The third-order valence-electron chi connectivity index (χ3n) is 4.24. The van der Waals surface area contributed by atoms with Gasteiger partial charge < -0.3 is 19.7 Å². The molecular weight excluding hydrogens is 292 g/mol. The molecule has 0 aromatic carbocycles. The largest absolute Gasteiger partial charge is 0.444 e. The number of ether oxygens (including phenoxy) is 2. The van der Waals surface area contributed by atoms with Gasteiger partial charge in [0.25, 0.3) is 0 Å². The fraction of sp³-hybridized carbons (Fsp3) is 0.944. The van der Waals surface area contributed by atoms with Gasteiger partial charge >= 0.3 is 6.09 Å². The second-order valence-corrected chi connectivity index (χ2v) is 7.83. The van der Waals surface area contributed by atoms with Crippen molar-refractivity contribution in [2.24, 2.45) is 11.8 Å². The summed E-state index contributed by atoms with van der Waals surface area (Å²) in [6.07, 6.45) is 1.89. The highest BCUT2D eigenvalue weighted by atomic mass is 16.6. The Morgan fingerprint density at radius 2 is 1.87 bits per heavy atom. The maximum Gasteiger partial charge on any atom is 0.410 e. The molecule has 23 heavy (non-hydrogen) atoms. The van der Waals surface area contributed by atoms with E-state index in [1.807, 2.05) is 32.6 Å². The van der Waals surface area contributed by atoms with Gasteiger partial charge in [-0.25, -0.2) is 4.79 Å². The number of likely N-dealkylation sites (tertiary alicyclic amines) is 1. The second-order valence-electron chi connectivity index (χ2n) is 7.83. The quantitative estimate of drug-likeness (QED) is 0.779. The van der Waals surface area contributed by atoms with Crippen LogP contribution in [0.15, 0.2) is 0 Å². The standard InChI is InChI=1S/C18H36N2O3/c1-7-22-13-16(14(2)3)19-12-15-8-10-20(11-9-15)17(21)23-18(4,5)6/h14-16,19H,7-13H2,1-6H3. The maximum absolute atomic E-state index is 12.1. The van der Waals surface area contributed by atoms with Crippen LogP contribution in [0, 0.1) is 11.8 Å². The van der Waals surface area contributed by atoms with Gasteiger partial charge in [-0.2, -0.15) is 0 Å².